The number of anilines is 2. The van der Waals surface area contributed by atoms with E-state index in [2.05, 4.69) is 17.0 Å². The normalized spacial score (nSPS) is 15.4. The van der Waals surface area contributed by atoms with Gasteiger partial charge in [0.05, 0.1) is 10.9 Å². The van der Waals surface area contributed by atoms with Crippen molar-refractivity contribution in [2.24, 2.45) is 0 Å². The summed E-state index contributed by atoms with van der Waals surface area (Å²) >= 11 is 0. The fourth-order valence-corrected chi connectivity index (χ4v) is 3.35. The summed E-state index contributed by atoms with van der Waals surface area (Å²) in [6.07, 6.45) is 3.44. The zero-order chi connectivity index (χ0) is 13.2. The van der Waals surface area contributed by atoms with E-state index in [0.717, 1.165) is 42.6 Å². The third-order valence-electron chi connectivity index (χ3n) is 3.13. The third kappa shape index (κ3) is 2.96. The van der Waals surface area contributed by atoms with Crippen molar-refractivity contribution in [3.8, 4) is 0 Å². The minimum Gasteiger partial charge on any atom is -0.388 e. The van der Waals surface area contributed by atoms with Gasteiger partial charge in [-0.15, -0.1) is 0 Å². The summed E-state index contributed by atoms with van der Waals surface area (Å²) in [7, 11) is -1.36. The van der Waals surface area contributed by atoms with Gasteiger partial charge in [-0.25, -0.2) is 8.42 Å². The van der Waals surface area contributed by atoms with Crippen molar-refractivity contribution < 1.29 is 8.42 Å². The summed E-state index contributed by atoms with van der Waals surface area (Å²) in [5, 5.41) is 2.84. The summed E-state index contributed by atoms with van der Waals surface area (Å²) < 4.78 is 26.7. The van der Waals surface area contributed by atoms with Crippen molar-refractivity contribution in [2.75, 3.05) is 17.1 Å². The van der Waals surface area contributed by atoms with Crippen LogP contribution in [-0.4, -0.2) is 20.7 Å². The molecule has 0 aliphatic heterocycles. The summed E-state index contributed by atoms with van der Waals surface area (Å²) in [5.74, 6) is 0. The fourth-order valence-electron chi connectivity index (χ4n) is 1.93. The van der Waals surface area contributed by atoms with E-state index in [9.17, 15) is 8.42 Å². The number of hydrogen-bond donors (Lipinski definition) is 2. The highest BCUT2D eigenvalue weighted by atomic mass is 32.2. The van der Waals surface area contributed by atoms with Crippen molar-refractivity contribution in [1.82, 2.24) is 0 Å². The van der Waals surface area contributed by atoms with Crippen LogP contribution >= 0.6 is 0 Å². The molecule has 2 rings (SSSR count). The molecule has 4 nitrogen and oxygen atoms in total. The molecular weight excluding hydrogens is 248 g/mol. The molecule has 2 N–H and O–H groups in total. The molecule has 1 aromatic rings. The van der Waals surface area contributed by atoms with Crippen LogP contribution in [0.2, 0.25) is 0 Å². The predicted octanol–water partition coefficient (Wildman–Crippen LogP) is 2.58. The van der Waals surface area contributed by atoms with Gasteiger partial charge in [0.1, 0.15) is 0 Å². The van der Waals surface area contributed by atoms with E-state index in [1.54, 1.807) is 0 Å². The first-order chi connectivity index (χ1) is 8.56. The lowest BCUT2D eigenvalue weighted by molar-refractivity contribution is 0.600. The molecule has 1 aliphatic carbocycles. The van der Waals surface area contributed by atoms with Gasteiger partial charge < -0.3 is 5.32 Å². The van der Waals surface area contributed by atoms with Crippen LogP contribution in [0.15, 0.2) is 18.2 Å². The van der Waals surface area contributed by atoms with Gasteiger partial charge in [-0.05, 0) is 37.0 Å². The highest BCUT2D eigenvalue weighted by Gasteiger charge is 2.36. The Hall–Kier alpha value is -1.23. The molecule has 1 aromatic carbocycles. The Morgan fingerprint density at radius 2 is 2.06 bits per heavy atom. The zero-order valence-electron chi connectivity index (χ0n) is 10.9. The second-order valence-electron chi connectivity index (χ2n) is 4.72. The first-order valence-corrected chi connectivity index (χ1v) is 7.93. The van der Waals surface area contributed by atoms with Gasteiger partial charge in [0.15, 0.2) is 0 Å². The lowest BCUT2D eigenvalue weighted by atomic mass is 10.1. The lowest BCUT2D eigenvalue weighted by Gasteiger charge is -2.13. The van der Waals surface area contributed by atoms with Crippen molar-refractivity contribution in [1.29, 1.82) is 0 Å². The summed E-state index contributed by atoms with van der Waals surface area (Å²) in [5.41, 5.74) is 2.69. The van der Waals surface area contributed by atoms with Crippen LogP contribution in [0.3, 0.4) is 0 Å². The van der Waals surface area contributed by atoms with Crippen LogP contribution in [0.25, 0.3) is 0 Å². The van der Waals surface area contributed by atoms with Gasteiger partial charge in [-0.2, -0.15) is 0 Å². The average molecular weight is 268 g/mol. The summed E-state index contributed by atoms with van der Waals surface area (Å²) in [6.45, 7) is 2.09. The molecule has 1 fully saturated rings. The summed E-state index contributed by atoms with van der Waals surface area (Å²) in [6, 6.07) is 5.82. The lowest BCUT2D eigenvalue weighted by Crippen LogP contribution is -2.18. The van der Waals surface area contributed by atoms with Gasteiger partial charge >= 0.3 is 0 Å². The Morgan fingerprint density at radius 1 is 1.33 bits per heavy atom. The monoisotopic (exact) mass is 268 g/mol. The van der Waals surface area contributed by atoms with Gasteiger partial charge in [-0.3, -0.25) is 4.72 Å². The second kappa shape index (κ2) is 5.18. The number of rotatable bonds is 6. The van der Waals surface area contributed by atoms with Crippen LogP contribution in [0, 0.1) is 0 Å². The molecule has 0 unspecified atom stereocenters. The molecule has 0 bridgehead atoms. The Balaban J connectivity index is 2.28. The van der Waals surface area contributed by atoms with E-state index in [1.807, 2.05) is 25.2 Å². The molecule has 1 saturated carbocycles. The minimum atomic E-state index is -3.18. The molecule has 5 heteroatoms. The van der Waals surface area contributed by atoms with E-state index in [-0.39, 0.29) is 5.25 Å². The Labute approximate surface area is 109 Å². The third-order valence-corrected chi connectivity index (χ3v) is 4.99. The Bertz CT molecular complexity index is 522. The topological polar surface area (TPSA) is 58.2 Å². The van der Waals surface area contributed by atoms with Crippen molar-refractivity contribution in [3.63, 3.8) is 0 Å². The van der Waals surface area contributed by atoms with E-state index >= 15 is 0 Å². The predicted molar refractivity (Wildman–Crippen MR) is 75.5 cm³/mol. The van der Waals surface area contributed by atoms with Gasteiger partial charge in [0.25, 0.3) is 0 Å². The highest BCUT2D eigenvalue weighted by Crippen LogP contribution is 2.31. The smallest absolute Gasteiger partial charge is 0.235 e. The molecule has 0 amide bonds. The van der Waals surface area contributed by atoms with Crippen LogP contribution in [0.1, 0.15) is 31.7 Å². The molecule has 0 saturated heterocycles. The number of benzene rings is 1. The largest absolute Gasteiger partial charge is 0.388 e. The quantitative estimate of drug-likeness (QED) is 0.833. The van der Waals surface area contributed by atoms with Gasteiger partial charge in [-0.1, -0.05) is 19.4 Å². The molecule has 0 heterocycles. The minimum absolute atomic E-state index is 0.190. The molecule has 0 atom stereocenters. The van der Waals surface area contributed by atoms with Crippen LogP contribution < -0.4 is 10.0 Å². The van der Waals surface area contributed by atoms with Crippen LogP contribution in [0.5, 0.6) is 0 Å². The zero-order valence-corrected chi connectivity index (χ0v) is 11.7. The number of sulfonamides is 1. The molecule has 0 radical (unpaired) electrons. The molecule has 0 aromatic heterocycles. The molecule has 18 heavy (non-hydrogen) atoms. The number of aryl methyl sites for hydroxylation is 1. The molecule has 1 aliphatic rings. The van der Waals surface area contributed by atoms with Crippen molar-refractivity contribution in [2.45, 2.75) is 37.9 Å². The summed E-state index contributed by atoms with van der Waals surface area (Å²) in [4.78, 5) is 0. The maximum Gasteiger partial charge on any atom is 0.235 e. The van der Waals surface area contributed by atoms with Gasteiger partial charge in [0.2, 0.25) is 10.0 Å². The number of hydrogen-bond acceptors (Lipinski definition) is 3. The highest BCUT2D eigenvalue weighted by molar-refractivity contribution is 7.93. The Morgan fingerprint density at radius 3 is 2.61 bits per heavy atom. The first kappa shape index (κ1) is 13.2. The first-order valence-electron chi connectivity index (χ1n) is 6.39. The van der Waals surface area contributed by atoms with Crippen LogP contribution in [0.4, 0.5) is 11.4 Å². The Kier molecular flexibility index (Phi) is 3.80. The molecule has 100 valence electrons. The number of nitrogens with one attached hydrogen (secondary N) is 2. The van der Waals surface area contributed by atoms with Gasteiger partial charge in [0, 0.05) is 12.7 Å². The fraction of sp³-hybridized carbons (Fsp3) is 0.538. The average Bonchev–Trinajstić information content (AvgIpc) is 3.15. The van der Waals surface area contributed by atoms with E-state index in [4.69, 9.17) is 0 Å². The van der Waals surface area contributed by atoms with Crippen molar-refractivity contribution >= 4 is 21.4 Å². The maximum absolute atomic E-state index is 12.0. The van der Waals surface area contributed by atoms with Crippen LogP contribution in [-0.2, 0) is 16.4 Å². The second-order valence-corrected chi connectivity index (χ2v) is 6.68. The van der Waals surface area contributed by atoms with E-state index < -0.39 is 10.0 Å². The SMILES string of the molecule is CCCc1ccc(NC)cc1NS(=O)(=O)C1CC1. The molecule has 0 spiro atoms. The van der Waals surface area contributed by atoms with E-state index in [1.165, 1.54) is 0 Å². The molecular formula is C13H20N2O2S. The standard InChI is InChI=1S/C13H20N2O2S/c1-3-4-10-5-6-11(14-2)9-13(10)15-18(16,17)12-7-8-12/h5-6,9,12,14-15H,3-4,7-8H2,1-2H3. The van der Waals surface area contributed by atoms with Crippen molar-refractivity contribution in [3.05, 3.63) is 23.8 Å². The van der Waals surface area contributed by atoms with E-state index in [0.29, 0.717) is 0 Å². The maximum atomic E-state index is 12.0.